The highest BCUT2D eigenvalue weighted by molar-refractivity contribution is 6.03. The molecule has 6 heteroatoms. The van der Waals surface area contributed by atoms with Crippen LogP contribution in [0.5, 0.6) is 0 Å². The maximum Gasteiger partial charge on any atom is 0.319 e. The molecule has 0 bridgehead atoms. The maximum absolute atomic E-state index is 12.8. The zero-order chi connectivity index (χ0) is 21.3. The van der Waals surface area contributed by atoms with Crippen LogP contribution in [-0.2, 0) is 4.79 Å². The van der Waals surface area contributed by atoms with Gasteiger partial charge in [-0.2, -0.15) is 0 Å². The molecule has 0 fully saturated rings. The summed E-state index contributed by atoms with van der Waals surface area (Å²) in [6.45, 7) is 2.54. The normalized spacial score (nSPS) is 11.7. The van der Waals surface area contributed by atoms with E-state index in [1.54, 1.807) is 0 Å². The largest absolute Gasteiger partial charge is 0.330 e. The minimum absolute atomic E-state index is 0.246. The number of nitrogens with one attached hydrogen (secondary N) is 3. The molecule has 1 atom stereocenters. The van der Waals surface area contributed by atoms with Gasteiger partial charge >= 0.3 is 6.03 Å². The summed E-state index contributed by atoms with van der Waals surface area (Å²) in [5.41, 5.74) is 8.09. The van der Waals surface area contributed by atoms with E-state index < -0.39 is 12.1 Å². The molecule has 0 unspecified atom stereocenters. The average Bonchev–Trinajstić information content (AvgIpc) is 2.75. The van der Waals surface area contributed by atoms with Crippen LogP contribution in [0.4, 0.5) is 16.2 Å². The molecule has 0 aromatic heterocycles. The van der Waals surface area contributed by atoms with E-state index in [1.807, 2.05) is 73.7 Å². The van der Waals surface area contributed by atoms with Crippen LogP contribution in [0.15, 0.2) is 66.7 Å². The molecule has 5 N–H and O–H groups in total. The summed E-state index contributed by atoms with van der Waals surface area (Å²) in [7, 11) is 0. The first-order valence-corrected chi connectivity index (χ1v) is 10.2. The number of aryl methyl sites for hydroxylation is 1. The van der Waals surface area contributed by atoms with E-state index in [-0.39, 0.29) is 5.91 Å². The minimum Gasteiger partial charge on any atom is -0.330 e. The Labute approximate surface area is 176 Å². The number of anilines is 2. The molecule has 0 saturated heterocycles. The summed E-state index contributed by atoms with van der Waals surface area (Å²) in [6, 6.07) is 20.0. The van der Waals surface area contributed by atoms with Crippen molar-refractivity contribution < 1.29 is 9.59 Å². The van der Waals surface area contributed by atoms with Crippen LogP contribution in [0.3, 0.4) is 0 Å². The molecule has 0 aliphatic heterocycles. The number of fused-ring (bicyclic) bond motifs is 1. The second-order valence-electron chi connectivity index (χ2n) is 7.32. The quantitative estimate of drug-likeness (QED) is 0.419. The monoisotopic (exact) mass is 404 g/mol. The lowest BCUT2D eigenvalue weighted by Crippen LogP contribution is -2.45. The van der Waals surface area contributed by atoms with Crippen molar-refractivity contribution in [2.45, 2.75) is 32.2 Å². The zero-order valence-corrected chi connectivity index (χ0v) is 17.2. The number of carbonyl (C=O) groups is 2. The van der Waals surface area contributed by atoms with E-state index in [1.165, 1.54) is 0 Å². The van der Waals surface area contributed by atoms with Crippen molar-refractivity contribution in [2.24, 2.45) is 5.73 Å². The highest BCUT2D eigenvalue weighted by Crippen LogP contribution is 2.22. The fourth-order valence-corrected chi connectivity index (χ4v) is 3.28. The fourth-order valence-electron chi connectivity index (χ4n) is 3.28. The van der Waals surface area contributed by atoms with Gasteiger partial charge in [0.25, 0.3) is 0 Å². The molecule has 0 aliphatic carbocycles. The molecule has 3 rings (SSSR count). The summed E-state index contributed by atoms with van der Waals surface area (Å²) < 4.78 is 0. The predicted molar refractivity (Wildman–Crippen MR) is 123 cm³/mol. The topological polar surface area (TPSA) is 96.2 Å². The molecule has 3 aromatic carbocycles. The van der Waals surface area contributed by atoms with Crippen molar-refractivity contribution in [1.82, 2.24) is 5.32 Å². The lowest BCUT2D eigenvalue weighted by atomic mass is 10.1. The molecular weight excluding hydrogens is 376 g/mol. The van der Waals surface area contributed by atoms with E-state index in [9.17, 15) is 9.59 Å². The van der Waals surface area contributed by atoms with Crippen molar-refractivity contribution in [3.05, 3.63) is 72.3 Å². The molecule has 0 heterocycles. The standard InChI is InChI=1S/C24H28N4O2/c1-17-12-14-19(15-13-17)26-23(29)22(10-4-5-16-25)28-24(30)27-21-11-6-8-18-7-2-3-9-20(18)21/h2-3,6-9,11-15,22H,4-5,10,16,25H2,1H3,(H,26,29)(H2,27,28,30)/t22-/m0/s1. The minimum atomic E-state index is -0.659. The number of carbonyl (C=O) groups excluding carboxylic acids is 2. The Hall–Kier alpha value is -3.38. The van der Waals surface area contributed by atoms with Crippen LogP contribution in [0.25, 0.3) is 10.8 Å². The van der Waals surface area contributed by atoms with E-state index in [4.69, 9.17) is 5.73 Å². The van der Waals surface area contributed by atoms with Crippen molar-refractivity contribution in [3.63, 3.8) is 0 Å². The average molecular weight is 405 g/mol. The first kappa shape index (κ1) is 21.3. The lowest BCUT2D eigenvalue weighted by Gasteiger charge is -2.19. The Morgan fingerprint density at radius 1 is 0.900 bits per heavy atom. The third-order valence-corrected chi connectivity index (χ3v) is 4.93. The number of hydrogen-bond acceptors (Lipinski definition) is 3. The molecule has 0 aliphatic rings. The number of hydrogen-bond donors (Lipinski definition) is 4. The number of urea groups is 1. The molecule has 3 amide bonds. The SMILES string of the molecule is Cc1ccc(NC(=O)[C@H](CCCCN)NC(=O)Nc2cccc3ccccc23)cc1. The summed E-state index contributed by atoms with van der Waals surface area (Å²) in [5.74, 6) is -0.246. The van der Waals surface area contributed by atoms with Gasteiger partial charge in [0.1, 0.15) is 6.04 Å². The van der Waals surface area contributed by atoms with E-state index >= 15 is 0 Å². The van der Waals surface area contributed by atoms with E-state index in [2.05, 4.69) is 16.0 Å². The van der Waals surface area contributed by atoms with Gasteiger partial charge in [-0.05, 0) is 56.3 Å². The Balaban J connectivity index is 1.69. The summed E-state index contributed by atoms with van der Waals surface area (Å²) in [6.07, 6.45) is 2.05. The second-order valence-corrected chi connectivity index (χ2v) is 7.32. The van der Waals surface area contributed by atoms with Gasteiger partial charge in [-0.25, -0.2) is 4.79 Å². The third kappa shape index (κ3) is 5.81. The molecule has 6 nitrogen and oxygen atoms in total. The number of unbranched alkanes of at least 4 members (excludes halogenated alkanes) is 1. The van der Waals surface area contributed by atoms with Gasteiger partial charge < -0.3 is 21.7 Å². The number of benzene rings is 3. The third-order valence-electron chi connectivity index (χ3n) is 4.93. The van der Waals surface area contributed by atoms with Gasteiger partial charge in [0.2, 0.25) is 5.91 Å². The van der Waals surface area contributed by atoms with Crippen molar-refractivity contribution in [2.75, 3.05) is 17.2 Å². The number of nitrogens with two attached hydrogens (primary N) is 1. The maximum atomic E-state index is 12.8. The molecular formula is C24H28N4O2. The predicted octanol–water partition coefficient (Wildman–Crippen LogP) is 4.41. The van der Waals surface area contributed by atoms with Gasteiger partial charge in [0, 0.05) is 11.1 Å². The Morgan fingerprint density at radius 2 is 1.63 bits per heavy atom. The van der Waals surface area contributed by atoms with Crippen LogP contribution >= 0.6 is 0 Å². The van der Waals surface area contributed by atoms with Crippen molar-refractivity contribution in [3.8, 4) is 0 Å². The second kappa shape index (κ2) is 10.4. The summed E-state index contributed by atoms with van der Waals surface area (Å²) in [5, 5.41) is 10.6. The smallest absolute Gasteiger partial charge is 0.319 e. The highest BCUT2D eigenvalue weighted by Gasteiger charge is 2.21. The van der Waals surface area contributed by atoms with Crippen LogP contribution in [0.2, 0.25) is 0 Å². The summed E-state index contributed by atoms with van der Waals surface area (Å²) in [4.78, 5) is 25.5. The Kier molecular flexibility index (Phi) is 7.40. The van der Waals surface area contributed by atoms with Gasteiger partial charge in [-0.1, -0.05) is 54.1 Å². The van der Waals surface area contributed by atoms with Crippen LogP contribution in [0.1, 0.15) is 24.8 Å². The highest BCUT2D eigenvalue weighted by atomic mass is 16.2. The zero-order valence-electron chi connectivity index (χ0n) is 17.2. The van der Waals surface area contributed by atoms with Gasteiger partial charge in [0.15, 0.2) is 0 Å². The number of amides is 3. The summed E-state index contributed by atoms with van der Waals surface area (Å²) >= 11 is 0. The van der Waals surface area contributed by atoms with E-state index in [0.29, 0.717) is 24.3 Å². The molecule has 30 heavy (non-hydrogen) atoms. The number of rotatable bonds is 8. The van der Waals surface area contributed by atoms with Crippen LogP contribution in [0, 0.1) is 6.92 Å². The van der Waals surface area contributed by atoms with Gasteiger partial charge in [-0.15, -0.1) is 0 Å². The van der Waals surface area contributed by atoms with Gasteiger partial charge in [0.05, 0.1) is 5.69 Å². The van der Waals surface area contributed by atoms with Crippen LogP contribution in [-0.4, -0.2) is 24.5 Å². The molecule has 0 saturated carbocycles. The molecule has 0 spiro atoms. The molecule has 0 radical (unpaired) electrons. The van der Waals surface area contributed by atoms with Crippen molar-refractivity contribution >= 4 is 34.1 Å². The first-order valence-electron chi connectivity index (χ1n) is 10.2. The van der Waals surface area contributed by atoms with Crippen molar-refractivity contribution in [1.29, 1.82) is 0 Å². The van der Waals surface area contributed by atoms with E-state index in [0.717, 1.165) is 29.2 Å². The first-order chi connectivity index (χ1) is 14.6. The Bertz CT molecular complexity index is 996. The molecule has 156 valence electrons. The van der Waals surface area contributed by atoms with Crippen LogP contribution < -0.4 is 21.7 Å². The van der Waals surface area contributed by atoms with Gasteiger partial charge in [-0.3, -0.25) is 4.79 Å². The Morgan fingerprint density at radius 3 is 2.40 bits per heavy atom. The lowest BCUT2D eigenvalue weighted by molar-refractivity contribution is -0.118. The molecule has 3 aromatic rings. The fraction of sp³-hybridized carbons (Fsp3) is 0.250.